The predicted octanol–water partition coefficient (Wildman–Crippen LogP) is 3.44. The fourth-order valence-corrected chi connectivity index (χ4v) is 1.73. The van der Waals surface area contributed by atoms with E-state index in [4.69, 9.17) is 0 Å². The first-order chi connectivity index (χ1) is 11.1. The topological polar surface area (TPSA) is 54.9 Å². The van der Waals surface area contributed by atoms with Crippen LogP contribution >= 0.6 is 0 Å². The zero-order chi connectivity index (χ0) is 18.0. The van der Waals surface area contributed by atoms with Gasteiger partial charge in [0, 0.05) is 18.9 Å². The van der Waals surface area contributed by atoms with E-state index >= 15 is 0 Å². The molecule has 0 saturated carbocycles. The van der Waals surface area contributed by atoms with E-state index in [1.54, 1.807) is 12.1 Å². The van der Waals surface area contributed by atoms with Crippen LogP contribution in [0.15, 0.2) is 36.7 Å². The van der Waals surface area contributed by atoms with Gasteiger partial charge in [-0.15, -0.1) is 0 Å². The lowest BCUT2D eigenvalue weighted by molar-refractivity contribution is -0.145. The minimum absolute atomic E-state index is 0.119. The Morgan fingerprint density at radius 2 is 1.79 bits per heavy atom. The Bertz CT molecular complexity index is 695. The van der Waals surface area contributed by atoms with Crippen LogP contribution < -0.4 is 5.32 Å². The van der Waals surface area contributed by atoms with E-state index in [0.717, 1.165) is 0 Å². The van der Waals surface area contributed by atoms with Crippen LogP contribution in [0.2, 0.25) is 0 Å². The number of amides is 1. The van der Waals surface area contributed by atoms with Crippen LogP contribution in [0.5, 0.6) is 0 Å². The van der Waals surface area contributed by atoms with E-state index in [1.807, 2.05) is 0 Å². The highest BCUT2D eigenvalue weighted by Crippen LogP contribution is 2.34. The molecule has 0 fully saturated rings. The average molecular weight is 349 g/mol. The predicted molar refractivity (Wildman–Crippen MR) is 69.6 cm³/mol. The maximum absolute atomic E-state index is 12.7. The van der Waals surface area contributed by atoms with Gasteiger partial charge in [-0.25, -0.2) is 4.98 Å². The second-order valence-corrected chi connectivity index (χ2v) is 4.67. The molecule has 0 bridgehead atoms. The molecule has 2 aromatic rings. The number of pyridine rings is 2. The Morgan fingerprint density at radius 1 is 1.08 bits per heavy atom. The molecule has 2 aromatic heterocycles. The van der Waals surface area contributed by atoms with Gasteiger partial charge in [0.2, 0.25) is 0 Å². The first-order valence-electron chi connectivity index (χ1n) is 6.41. The van der Waals surface area contributed by atoms with Crippen molar-refractivity contribution >= 4 is 5.91 Å². The summed E-state index contributed by atoms with van der Waals surface area (Å²) in [4.78, 5) is 18.6. The maximum Gasteiger partial charge on any atom is 0.433 e. The Labute approximate surface area is 131 Å². The van der Waals surface area contributed by atoms with Crippen molar-refractivity contribution in [1.82, 2.24) is 15.3 Å². The highest BCUT2D eigenvalue weighted by molar-refractivity contribution is 5.92. The maximum atomic E-state index is 12.7. The summed E-state index contributed by atoms with van der Waals surface area (Å²) in [6, 6.07) is 3.27. The fraction of sp³-hybridized carbons (Fsp3) is 0.214. The van der Waals surface area contributed by atoms with Crippen LogP contribution in [0, 0.1) is 0 Å². The lowest BCUT2D eigenvalue weighted by Gasteiger charge is -2.13. The van der Waals surface area contributed by atoms with Crippen LogP contribution in [0.4, 0.5) is 26.3 Å². The summed E-state index contributed by atoms with van der Waals surface area (Å²) in [6.07, 6.45) is -7.29. The van der Waals surface area contributed by atoms with Crippen LogP contribution in [0.25, 0.3) is 0 Å². The van der Waals surface area contributed by atoms with Gasteiger partial charge in [-0.2, -0.15) is 26.3 Å². The van der Waals surface area contributed by atoms with Crippen molar-refractivity contribution < 1.29 is 31.1 Å². The third-order valence-electron chi connectivity index (χ3n) is 2.85. The minimum Gasteiger partial charge on any atom is -0.347 e. The summed E-state index contributed by atoms with van der Waals surface area (Å²) in [5, 5.41) is 2.20. The van der Waals surface area contributed by atoms with E-state index in [1.165, 1.54) is 12.4 Å². The third-order valence-corrected chi connectivity index (χ3v) is 2.85. The van der Waals surface area contributed by atoms with Gasteiger partial charge in [0.15, 0.2) is 0 Å². The number of alkyl halides is 6. The van der Waals surface area contributed by atoms with Gasteiger partial charge in [-0.1, -0.05) is 6.07 Å². The summed E-state index contributed by atoms with van der Waals surface area (Å²) in [5.74, 6) is -1.16. The number of halogens is 6. The molecule has 0 spiro atoms. The molecule has 0 aliphatic carbocycles. The van der Waals surface area contributed by atoms with Gasteiger partial charge in [0.25, 0.3) is 5.91 Å². The largest absolute Gasteiger partial charge is 0.433 e. The molecular formula is C14H9F6N3O. The number of aromatic nitrogens is 2. The van der Waals surface area contributed by atoms with E-state index in [0.29, 0.717) is 5.56 Å². The monoisotopic (exact) mass is 349 g/mol. The Hall–Kier alpha value is -2.65. The van der Waals surface area contributed by atoms with Gasteiger partial charge in [0.1, 0.15) is 11.4 Å². The number of hydrogen-bond donors (Lipinski definition) is 1. The molecule has 1 N–H and O–H groups in total. The van der Waals surface area contributed by atoms with Crippen molar-refractivity contribution in [1.29, 1.82) is 0 Å². The van der Waals surface area contributed by atoms with E-state index in [2.05, 4.69) is 15.3 Å². The van der Waals surface area contributed by atoms with Crippen molar-refractivity contribution in [3.05, 3.63) is 59.2 Å². The number of rotatable bonds is 3. The van der Waals surface area contributed by atoms with E-state index < -0.39 is 35.2 Å². The molecule has 0 aliphatic rings. The zero-order valence-electron chi connectivity index (χ0n) is 11.7. The van der Waals surface area contributed by atoms with Crippen LogP contribution in [-0.2, 0) is 18.9 Å². The Balaban J connectivity index is 2.29. The number of nitrogens with zero attached hydrogens (tertiary/aromatic N) is 2. The Kier molecular flexibility index (Phi) is 4.76. The van der Waals surface area contributed by atoms with Crippen molar-refractivity contribution in [2.24, 2.45) is 0 Å². The summed E-state index contributed by atoms with van der Waals surface area (Å²) in [5.41, 5.74) is -3.84. The zero-order valence-corrected chi connectivity index (χ0v) is 11.7. The highest BCUT2D eigenvalue weighted by atomic mass is 19.4. The van der Waals surface area contributed by atoms with Crippen molar-refractivity contribution in [3.63, 3.8) is 0 Å². The van der Waals surface area contributed by atoms with Crippen molar-refractivity contribution in [3.8, 4) is 0 Å². The van der Waals surface area contributed by atoms with Gasteiger partial charge in [0.05, 0.1) is 5.56 Å². The lowest BCUT2D eigenvalue weighted by Crippen LogP contribution is -2.26. The first-order valence-corrected chi connectivity index (χ1v) is 6.41. The second-order valence-electron chi connectivity index (χ2n) is 4.67. The molecule has 2 rings (SSSR count). The summed E-state index contributed by atoms with van der Waals surface area (Å²) >= 11 is 0. The van der Waals surface area contributed by atoms with Gasteiger partial charge in [-0.05, 0) is 23.8 Å². The number of carbonyl (C=O) groups is 1. The minimum atomic E-state index is -5.11. The van der Waals surface area contributed by atoms with Crippen LogP contribution in [0.1, 0.15) is 27.3 Å². The lowest BCUT2D eigenvalue weighted by atomic mass is 10.1. The van der Waals surface area contributed by atoms with Gasteiger partial charge in [-0.3, -0.25) is 9.78 Å². The molecule has 24 heavy (non-hydrogen) atoms. The Morgan fingerprint density at radius 3 is 2.33 bits per heavy atom. The normalized spacial score (nSPS) is 12.1. The molecule has 0 aliphatic heterocycles. The molecule has 4 nitrogen and oxygen atoms in total. The van der Waals surface area contributed by atoms with Crippen LogP contribution in [-0.4, -0.2) is 15.9 Å². The molecule has 0 aromatic carbocycles. The van der Waals surface area contributed by atoms with Gasteiger partial charge < -0.3 is 5.32 Å². The molecule has 1 amide bonds. The smallest absolute Gasteiger partial charge is 0.347 e. The summed E-state index contributed by atoms with van der Waals surface area (Å²) in [6.45, 7) is -0.119. The second kappa shape index (κ2) is 6.46. The number of carbonyl (C=O) groups excluding carboxylic acids is 1. The highest BCUT2D eigenvalue weighted by Gasteiger charge is 2.38. The van der Waals surface area contributed by atoms with Gasteiger partial charge >= 0.3 is 12.4 Å². The SMILES string of the molecule is O=C(NCc1cccnc1)c1cc(C(F)(F)F)cc(C(F)(F)F)n1. The van der Waals surface area contributed by atoms with Crippen molar-refractivity contribution in [2.45, 2.75) is 18.9 Å². The third kappa shape index (κ3) is 4.43. The van der Waals surface area contributed by atoms with E-state index in [9.17, 15) is 31.1 Å². The molecule has 0 unspecified atom stereocenters. The molecule has 0 atom stereocenters. The van der Waals surface area contributed by atoms with Crippen LogP contribution in [0.3, 0.4) is 0 Å². The summed E-state index contributed by atoms with van der Waals surface area (Å²) < 4.78 is 76.2. The molecule has 0 radical (unpaired) electrons. The first kappa shape index (κ1) is 17.7. The molecule has 128 valence electrons. The fourth-order valence-electron chi connectivity index (χ4n) is 1.73. The van der Waals surface area contributed by atoms with Crippen molar-refractivity contribution in [2.75, 3.05) is 0 Å². The molecule has 2 heterocycles. The molecular weight excluding hydrogens is 340 g/mol. The summed E-state index contributed by atoms with van der Waals surface area (Å²) in [7, 11) is 0. The average Bonchev–Trinajstić information content (AvgIpc) is 2.51. The van der Waals surface area contributed by atoms with E-state index in [-0.39, 0.29) is 18.7 Å². The number of hydrogen-bond acceptors (Lipinski definition) is 3. The number of nitrogens with one attached hydrogen (secondary N) is 1. The molecule has 10 heteroatoms. The molecule has 0 saturated heterocycles. The standard InChI is InChI=1S/C14H9F6N3O/c15-13(16,17)9-4-10(23-11(5-9)14(18,19)20)12(24)22-7-8-2-1-3-21-6-8/h1-6H,7H2,(H,22,24). The quantitative estimate of drug-likeness (QED) is 0.864.